The molecule has 0 aliphatic carbocycles. The van der Waals surface area contributed by atoms with Gasteiger partial charge in [0.25, 0.3) is 0 Å². The molecule has 0 bridgehead atoms. The third-order valence-electron chi connectivity index (χ3n) is 5.34. The number of amides is 1. The van der Waals surface area contributed by atoms with Gasteiger partial charge < -0.3 is 10.2 Å². The van der Waals surface area contributed by atoms with Crippen molar-refractivity contribution in [2.75, 3.05) is 18.0 Å². The molecule has 0 spiro atoms. The van der Waals surface area contributed by atoms with Gasteiger partial charge in [-0.1, -0.05) is 24.3 Å². The van der Waals surface area contributed by atoms with E-state index in [4.69, 9.17) is 0 Å². The normalized spacial score (nSPS) is 14.5. The SMILES string of the molecule is O=C(NCc1ccc(F)cc1)C1CCN(c2ccc(-c3cccc(F)c3)nn2)CC1. The molecule has 1 N–H and O–H groups in total. The van der Waals surface area contributed by atoms with Crippen molar-refractivity contribution in [2.24, 2.45) is 5.92 Å². The van der Waals surface area contributed by atoms with E-state index in [-0.39, 0.29) is 23.5 Å². The van der Waals surface area contributed by atoms with Gasteiger partial charge in [-0.3, -0.25) is 4.79 Å². The molecule has 0 atom stereocenters. The van der Waals surface area contributed by atoms with E-state index in [1.54, 1.807) is 24.3 Å². The van der Waals surface area contributed by atoms with E-state index in [2.05, 4.69) is 20.4 Å². The second-order valence-electron chi connectivity index (χ2n) is 7.39. The number of carbonyl (C=O) groups excluding carboxylic acids is 1. The van der Waals surface area contributed by atoms with E-state index in [9.17, 15) is 13.6 Å². The van der Waals surface area contributed by atoms with Crippen LogP contribution in [0.5, 0.6) is 0 Å². The van der Waals surface area contributed by atoms with E-state index in [0.29, 0.717) is 30.9 Å². The van der Waals surface area contributed by atoms with Crippen LogP contribution in [0.15, 0.2) is 60.7 Å². The number of aromatic nitrogens is 2. The van der Waals surface area contributed by atoms with E-state index in [1.807, 2.05) is 12.1 Å². The van der Waals surface area contributed by atoms with Gasteiger partial charge in [-0.25, -0.2) is 8.78 Å². The third-order valence-corrected chi connectivity index (χ3v) is 5.34. The largest absolute Gasteiger partial charge is 0.355 e. The summed E-state index contributed by atoms with van der Waals surface area (Å²) in [5.74, 6) is 0.121. The molecule has 0 saturated carbocycles. The van der Waals surface area contributed by atoms with Gasteiger partial charge in [-0.2, -0.15) is 0 Å². The fourth-order valence-electron chi connectivity index (χ4n) is 3.60. The Labute approximate surface area is 173 Å². The molecule has 1 aliphatic rings. The summed E-state index contributed by atoms with van der Waals surface area (Å²) in [5, 5.41) is 11.4. The van der Waals surface area contributed by atoms with Crippen LogP contribution in [0.4, 0.5) is 14.6 Å². The summed E-state index contributed by atoms with van der Waals surface area (Å²) in [6.07, 6.45) is 1.45. The van der Waals surface area contributed by atoms with Crippen LogP contribution >= 0.6 is 0 Å². The molecule has 3 aromatic rings. The van der Waals surface area contributed by atoms with Crippen LogP contribution in [-0.2, 0) is 11.3 Å². The van der Waals surface area contributed by atoms with Gasteiger partial charge in [0.15, 0.2) is 5.82 Å². The lowest BCUT2D eigenvalue weighted by molar-refractivity contribution is -0.125. The highest BCUT2D eigenvalue weighted by atomic mass is 19.1. The fraction of sp³-hybridized carbons (Fsp3) is 0.261. The van der Waals surface area contributed by atoms with Crippen molar-refractivity contribution in [3.63, 3.8) is 0 Å². The first kappa shape index (κ1) is 19.9. The number of hydrogen-bond acceptors (Lipinski definition) is 4. The number of rotatable bonds is 5. The quantitative estimate of drug-likeness (QED) is 0.695. The average Bonchev–Trinajstić information content (AvgIpc) is 2.79. The zero-order chi connectivity index (χ0) is 20.9. The van der Waals surface area contributed by atoms with Gasteiger partial charge in [-0.15, -0.1) is 10.2 Å². The lowest BCUT2D eigenvalue weighted by Gasteiger charge is -2.31. The highest BCUT2D eigenvalue weighted by molar-refractivity contribution is 5.79. The van der Waals surface area contributed by atoms with Crippen LogP contribution in [0.3, 0.4) is 0 Å². The summed E-state index contributed by atoms with van der Waals surface area (Å²) >= 11 is 0. The second kappa shape index (κ2) is 8.98. The van der Waals surface area contributed by atoms with Crippen LogP contribution in [-0.4, -0.2) is 29.2 Å². The Hall–Kier alpha value is -3.35. The zero-order valence-electron chi connectivity index (χ0n) is 16.4. The van der Waals surface area contributed by atoms with Gasteiger partial charge in [0.1, 0.15) is 11.6 Å². The molecule has 1 fully saturated rings. The Morgan fingerprint density at radius 2 is 1.73 bits per heavy atom. The first-order valence-corrected chi connectivity index (χ1v) is 9.95. The highest BCUT2D eigenvalue weighted by Gasteiger charge is 2.25. The van der Waals surface area contributed by atoms with Crippen molar-refractivity contribution < 1.29 is 13.6 Å². The van der Waals surface area contributed by atoms with Crippen molar-refractivity contribution >= 4 is 11.7 Å². The lowest BCUT2D eigenvalue weighted by Crippen LogP contribution is -2.40. The Bertz CT molecular complexity index is 1000. The lowest BCUT2D eigenvalue weighted by atomic mass is 9.96. The van der Waals surface area contributed by atoms with E-state index in [1.165, 1.54) is 24.3 Å². The van der Waals surface area contributed by atoms with E-state index >= 15 is 0 Å². The molecule has 1 aliphatic heterocycles. The molecular weight excluding hydrogens is 386 g/mol. The average molecular weight is 408 g/mol. The summed E-state index contributed by atoms with van der Waals surface area (Å²) in [5.41, 5.74) is 2.18. The zero-order valence-corrected chi connectivity index (χ0v) is 16.4. The van der Waals surface area contributed by atoms with E-state index in [0.717, 1.165) is 24.2 Å². The molecule has 1 aromatic heterocycles. The number of halogens is 2. The number of hydrogen-bond donors (Lipinski definition) is 1. The number of carbonyl (C=O) groups is 1. The van der Waals surface area contributed by atoms with Crippen LogP contribution in [0.25, 0.3) is 11.3 Å². The molecule has 1 saturated heterocycles. The molecule has 154 valence electrons. The predicted octanol–water partition coefficient (Wildman–Crippen LogP) is 3.95. The minimum absolute atomic E-state index is 0.0199. The number of benzene rings is 2. The van der Waals surface area contributed by atoms with Crippen molar-refractivity contribution in [3.8, 4) is 11.3 Å². The Kier molecular flexibility index (Phi) is 5.97. The maximum Gasteiger partial charge on any atom is 0.223 e. The Morgan fingerprint density at radius 3 is 2.40 bits per heavy atom. The molecule has 1 amide bonds. The molecule has 0 unspecified atom stereocenters. The smallest absolute Gasteiger partial charge is 0.223 e. The van der Waals surface area contributed by atoms with Crippen LogP contribution in [0.1, 0.15) is 18.4 Å². The summed E-state index contributed by atoms with van der Waals surface area (Å²) in [6.45, 7) is 1.82. The summed E-state index contributed by atoms with van der Waals surface area (Å²) < 4.78 is 26.3. The first-order chi connectivity index (χ1) is 14.6. The van der Waals surface area contributed by atoms with E-state index < -0.39 is 0 Å². The minimum atomic E-state index is -0.307. The maximum absolute atomic E-state index is 13.4. The highest BCUT2D eigenvalue weighted by Crippen LogP contribution is 2.24. The summed E-state index contributed by atoms with van der Waals surface area (Å²) in [6, 6.07) is 16.1. The van der Waals surface area contributed by atoms with Crippen molar-refractivity contribution in [1.82, 2.24) is 15.5 Å². The summed E-state index contributed by atoms with van der Waals surface area (Å²) in [4.78, 5) is 14.6. The van der Waals surface area contributed by atoms with Gasteiger partial charge in [0.2, 0.25) is 5.91 Å². The molecule has 30 heavy (non-hydrogen) atoms. The van der Waals surface area contributed by atoms with Gasteiger partial charge in [0, 0.05) is 31.1 Å². The van der Waals surface area contributed by atoms with Crippen LogP contribution in [0, 0.1) is 17.6 Å². The molecular formula is C23H22F2N4O. The molecule has 5 nitrogen and oxygen atoms in total. The Morgan fingerprint density at radius 1 is 0.967 bits per heavy atom. The molecule has 0 radical (unpaired) electrons. The molecule has 2 heterocycles. The topological polar surface area (TPSA) is 58.1 Å². The summed E-state index contributed by atoms with van der Waals surface area (Å²) in [7, 11) is 0. The number of piperidine rings is 1. The molecule has 4 rings (SSSR count). The standard InChI is InChI=1S/C23H22F2N4O/c24-19-6-4-16(5-7-19)15-26-23(30)17-10-12-29(13-11-17)22-9-8-21(27-28-22)18-2-1-3-20(25)14-18/h1-9,14,17H,10-13,15H2,(H,26,30). The van der Waals surface area contributed by atoms with Crippen LogP contribution in [0.2, 0.25) is 0 Å². The number of nitrogens with one attached hydrogen (secondary N) is 1. The predicted molar refractivity (Wildman–Crippen MR) is 111 cm³/mol. The van der Waals surface area contributed by atoms with Gasteiger partial charge >= 0.3 is 0 Å². The van der Waals surface area contributed by atoms with Gasteiger partial charge in [-0.05, 0) is 54.8 Å². The van der Waals surface area contributed by atoms with Crippen molar-refractivity contribution in [3.05, 3.63) is 77.9 Å². The minimum Gasteiger partial charge on any atom is -0.355 e. The van der Waals surface area contributed by atoms with Gasteiger partial charge in [0.05, 0.1) is 5.69 Å². The fourth-order valence-corrected chi connectivity index (χ4v) is 3.60. The maximum atomic E-state index is 13.4. The van der Waals surface area contributed by atoms with Crippen LogP contribution < -0.4 is 10.2 Å². The number of anilines is 1. The first-order valence-electron chi connectivity index (χ1n) is 9.95. The number of nitrogens with zero attached hydrogens (tertiary/aromatic N) is 3. The third kappa shape index (κ3) is 4.79. The Balaban J connectivity index is 1.29. The van der Waals surface area contributed by atoms with Crippen molar-refractivity contribution in [1.29, 1.82) is 0 Å². The second-order valence-corrected chi connectivity index (χ2v) is 7.39. The molecule has 2 aromatic carbocycles. The van der Waals surface area contributed by atoms with Crippen molar-refractivity contribution in [2.45, 2.75) is 19.4 Å². The molecule has 7 heteroatoms. The monoisotopic (exact) mass is 408 g/mol.